The second-order valence-corrected chi connectivity index (χ2v) is 10.9. The average molecular weight is 450 g/mol. The Morgan fingerprint density at radius 3 is 2.58 bits per heavy atom. The van der Waals surface area contributed by atoms with E-state index in [0.717, 1.165) is 56.0 Å². The predicted octanol–water partition coefficient (Wildman–Crippen LogP) is 0.640. The van der Waals surface area contributed by atoms with Gasteiger partial charge in [0.2, 0.25) is 15.9 Å². The molecule has 31 heavy (non-hydrogen) atoms. The number of carbonyl (C=O) groups excluding carboxylic acids is 2. The van der Waals surface area contributed by atoms with Gasteiger partial charge in [-0.1, -0.05) is 6.42 Å². The molecule has 2 fully saturated rings. The highest BCUT2D eigenvalue weighted by atomic mass is 32.2. The maximum atomic E-state index is 13.1. The van der Waals surface area contributed by atoms with Crippen molar-refractivity contribution in [3.63, 3.8) is 0 Å². The zero-order valence-corrected chi connectivity index (χ0v) is 19.0. The number of aryl methyl sites for hydroxylation is 2. The molecular formula is C21H31N5O4S. The molecule has 4 rings (SSSR count). The normalized spacial score (nSPS) is 22.5. The Morgan fingerprint density at radius 1 is 1.16 bits per heavy atom. The lowest BCUT2D eigenvalue weighted by atomic mass is 9.94. The number of piperidine rings is 1. The quantitative estimate of drug-likeness (QED) is 0.721. The third-order valence-electron chi connectivity index (χ3n) is 6.77. The molecule has 0 aromatic carbocycles. The minimum absolute atomic E-state index is 0.123. The first-order chi connectivity index (χ1) is 14.7. The fourth-order valence-electron chi connectivity index (χ4n) is 4.82. The highest BCUT2D eigenvalue weighted by molar-refractivity contribution is 7.88. The zero-order chi connectivity index (χ0) is 22.3. The van der Waals surface area contributed by atoms with E-state index in [1.807, 2.05) is 6.07 Å². The average Bonchev–Trinajstić information content (AvgIpc) is 2.70. The molecule has 10 heteroatoms. The number of sulfonamides is 1. The summed E-state index contributed by atoms with van der Waals surface area (Å²) in [6.45, 7) is 1.18. The van der Waals surface area contributed by atoms with Gasteiger partial charge in [-0.2, -0.15) is 4.31 Å². The van der Waals surface area contributed by atoms with E-state index in [0.29, 0.717) is 31.6 Å². The van der Waals surface area contributed by atoms with E-state index in [9.17, 15) is 18.0 Å². The highest BCUT2D eigenvalue weighted by Gasteiger charge is 2.42. The summed E-state index contributed by atoms with van der Waals surface area (Å²) in [5.41, 5.74) is 8.60. The summed E-state index contributed by atoms with van der Waals surface area (Å²) < 4.78 is 25.5. The van der Waals surface area contributed by atoms with Crippen LogP contribution in [-0.4, -0.2) is 84.3 Å². The van der Waals surface area contributed by atoms with Crippen molar-refractivity contribution in [2.24, 2.45) is 0 Å². The lowest BCUT2D eigenvalue weighted by Gasteiger charge is -2.46. The van der Waals surface area contributed by atoms with Crippen LogP contribution in [0.4, 0.5) is 5.82 Å². The van der Waals surface area contributed by atoms with Gasteiger partial charge in [0.1, 0.15) is 11.9 Å². The van der Waals surface area contributed by atoms with Gasteiger partial charge in [-0.15, -0.1) is 0 Å². The second kappa shape index (κ2) is 8.38. The summed E-state index contributed by atoms with van der Waals surface area (Å²) in [6, 6.07) is 1.12. The molecule has 0 saturated carbocycles. The Hall–Kier alpha value is -2.20. The van der Waals surface area contributed by atoms with Gasteiger partial charge in [0.05, 0.1) is 17.9 Å². The minimum Gasteiger partial charge on any atom is -0.383 e. The molecule has 1 aromatic heterocycles. The van der Waals surface area contributed by atoms with Gasteiger partial charge >= 0.3 is 0 Å². The predicted molar refractivity (Wildman–Crippen MR) is 117 cm³/mol. The van der Waals surface area contributed by atoms with Gasteiger partial charge in [-0.05, 0) is 50.2 Å². The number of likely N-dealkylation sites (N-methyl/N-ethyl adjacent to an activating group) is 1. The summed E-state index contributed by atoms with van der Waals surface area (Å²) in [6.07, 6.45) is 7.30. The standard InChI is InChI=1S/C21H31N5O4S/c1-24(20(27)16-11-14-7-3-4-8-17(14)23-19(16)22)15-12-25(13-15)21(28)18-9-5-6-10-26(18)31(2,29)30/h11,15,18H,3-10,12-13H2,1-2H3,(H2,22,23). The Morgan fingerprint density at radius 2 is 1.87 bits per heavy atom. The lowest BCUT2D eigenvalue weighted by Crippen LogP contribution is -2.65. The molecule has 1 atom stereocenters. The molecule has 3 heterocycles. The van der Waals surface area contributed by atoms with E-state index in [1.54, 1.807) is 16.8 Å². The number of rotatable bonds is 4. The van der Waals surface area contributed by atoms with Gasteiger partial charge in [0.25, 0.3) is 5.91 Å². The molecule has 1 aromatic rings. The summed E-state index contributed by atoms with van der Waals surface area (Å²) in [4.78, 5) is 33.7. The fraction of sp³-hybridized carbons (Fsp3) is 0.667. The van der Waals surface area contributed by atoms with Gasteiger partial charge in [-0.3, -0.25) is 9.59 Å². The first kappa shape index (κ1) is 22.0. The highest BCUT2D eigenvalue weighted by Crippen LogP contribution is 2.27. The van der Waals surface area contributed by atoms with Gasteiger partial charge < -0.3 is 15.5 Å². The van der Waals surface area contributed by atoms with Gasteiger partial charge in [0.15, 0.2) is 0 Å². The van der Waals surface area contributed by atoms with E-state index >= 15 is 0 Å². The Bertz CT molecular complexity index is 990. The van der Waals surface area contributed by atoms with Crippen LogP contribution in [0.3, 0.4) is 0 Å². The molecule has 170 valence electrons. The van der Waals surface area contributed by atoms with Crippen LogP contribution in [0.25, 0.3) is 0 Å². The Kier molecular flexibility index (Phi) is 5.95. The molecule has 2 amide bonds. The molecule has 0 radical (unpaired) electrons. The SMILES string of the molecule is CN(C(=O)c1cc2c(nc1N)CCCC2)C1CN(C(=O)C2CCCCN2S(C)(=O)=O)C1. The van der Waals surface area contributed by atoms with Crippen LogP contribution in [0.1, 0.15) is 53.7 Å². The van der Waals surface area contributed by atoms with Gasteiger partial charge in [-0.25, -0.2) is 13.4 Å². The number of nitrogens with two attached hydrogens (primary N) is 1. The summed E-state index contributed by atoms with van der Waals surface area (Å²) in [5, 5.41) is 0. The monoisotopic (exact) mass is 449 g/mol. The number of nitrogens with zero attached hydrogens (tertiary/aromatic N) is 4. The number of hydrogen-bond acceptors (Lipinski definition) is 6. The number of fused-ring (bicyclic) bond motifs is 1. The molecule has 1 unspecified atom stereocenters. The number of amides is 2. The molecule has 0 bridgehead atoms. The van der Waals surface area contributed by atoms with Gasteiger partial charge in [0, 0.05) is 32.4 Å². The summed E-state index contributed by atoms with van der Waals surface area (Å²) in [7, 11) is -1.71. The van der Waals surface area contributed by atoms with Crippen LogP contribution in [0.15, 0.2) is 6.07 Å². The Balaban J connectivity index is 1.40. The first-order valence-corrected chi connectivity index (χ1v) is 12.8. The van der Waals surface area contributed by atoms with E-state index in [1.165, 1.54) is 4.31 Å². The third kappa shape index (κ3) is 4.27. The van der Waals surface area contributed by atoms with Crippen molar-refractivity contribution in [3.8, 4) is 0 Å². The topological polar surface area (TPSA) is 117 Å². The fourth-order valence-corrected chi connectivity index (χ4v) is 5.94. The number of aromatic nitrogens is 1. The van der Waals surface area contributed by atoms with Crippen molar-refractivity contribution in [2.75, 3.05) is 38.7 Å². The third-order valence-corrected chi connectivity index (χ3v) is 8.06. The van der Waals surface area contributed by atoms with E-state index in [2.05, 4.69) is 4.98 Å². The number of carbonyl (C=O) groups is 2. The van der Waals surface area contributed by atoms with Crippen LogP contribution in [0.5, 0.6) is 0 Å². The molecule has 2 aliphatic heterocycles. The summed E-state index contributed by atoms with van der Waals surface area (Å²) in [5.74, 6) is -0.0983. The van der Waals surface area contributed by atoms with Crippen molar-refractivity contribution >= 4 is 27.7 Å². The van der Waals surface area contributed by atoms with Crippen LogP contribution >= 0.6 is 0 Å². The maximum Gasteiger partial charge on any atom is 0.257 e. The van der Waals surface area contributed by atoms with E-state index < -0.39 is 16.1 Å². The molecule has 1 aliphatic carbocycles. The van der Waals surface area contributed by atoms with E-state index in [-0.39, 0.29) is 23.7 Å². The maximum absolute atomic E-state index is 13.1. The van der Waals surface area contributed by atoms with Crippen LogP contribution < -0.4 is 5.73 Å². The van der Waals surface area contributed by atoms with Crippen molar-refractivity contribution in [3.05, 3.63) is 22.9 Å². The number of pyridine rings is 1. The smallest absolute Gasteiger partial charge is 0.257 e. The second-order valence-electron chi connectivity index (χ2n) is 8.93. The van der Waals surface area contributed by atoms with Crippen molar-refractivity contribution in [1.29, 1.82) is 0 Å². The molecule has 2 N–H and O–H groups in total. The van der Waals surface area contributed by atoms with Crippen molar-refractivity contribution in [2.45, 2.75) is 57.0 Å². The number of likely N-dealkylation sites (tertiary alicyclic amines) is 1. The van der Waals surface area contributed by atoms with Crippen molar-refractivity contribution in [1.82, 2.24) is 19.1 Å². The largest absolute Gasteiger partial charge is 0.383 e. The number of hydrogen-bond donors (Lipinski definition) is 1. The van der Waals surface area contributed by atoms with E-state index in [4.69, 9.17) is 5.73 Å². The molecule has 2 saturated heterocycles. The van der Waals surface area contributed by atoms with Crippen LogP contribution in [0, 0.1) is 0 Å². The first-order valence-electron chi connectivity index (χ1n) is 11.0. The Labute approximate surface area is 183 Å². The molecule has 0 spiro atoms. The molecular weight excluding hydrogens is 418 g/mol. The minimum atomic E-state index is -3.43. The number of nitrogen functional groups attached to an aromatic ring is 1. The lowest BCUT2D eigenvalue weighted by molar-refractivity contribution is -0.142. The summed E-state index contributed by atoms with van der Waals surface area (Å²) >= 11 is 0. The number of anilines is 1. The van der Waals surface area contributed by atoms with Crippen LogP contribution in [0.2, 0.25) is 0 Å². The van der Waals surface area contributed by atoms with Crippen molar-refractivity contribution < 1.29 is 18.0 Å². The zero-order valence-electron chi connectivity index (χ0n) is 18.2. The molecule has 9 nitrogen and oxygen atoms in total. The molecule has 3 aliphatic rings. The van der Waals surface area contributed by atoms with Crippen LogP contribution in [-0.2, 0) is 27.7 Å².